The van der Waals surface area contributed by atoms with Crippen LogP contribution in [0.5, 0.6) is 0 Å². The second-order valence-corrected chi connectivity index (χ2v) is 7.68. The summed E-state index contributed by atoms with van der Waals surface area (Å²) in [5.74, 6) is -5.58. The molecule has 0 aliphatic carbocycles. The molecule has 0 aliphatic heterocycles. The van der Waals surface area contributed by atoms with Crippen molar-refractivity contribution in [3.63, 3.8) is 0 Å². The second kappa shape index (κ2) is 14.2. The largest absolute Gasteiger partial charge is 0.481 e. The van der Waals surface area contributed by atoms with E-state index in [-0.39, 0.29) is 12.8 Å². The molecule has 31 heavy (non-hydrogen) atoms. The first-order valence-corrected chi connectivity index (χ1v) is 10.7. The van der Waals surface area contributed by atoms with Gasteiger partial charge in [-0.25, -0.2) is 4.79 Å². The molecule has 0 spiro atoms. The zero-order valence-electron chi connectivity index (χ0n) is 17.3. The van der Waals surface area contributed by atoms with Crippen LogP contribution >= 0.6 is 11.8 Å². The molecule has 0 aromatic carbocycles. The van der Waals surface area contributed by atoms with Gasteiger partial charge in [-0.15, -0.1) is 0 Å². The third kappa shape index (κ3) is 11.8. The van der Waals surface area contributed by atoms with Crippen LogP contribution in [-0.2, 0) is 28.8 Å². The molecule has 0 rings (SSSR count). The highest BCUT2D eigenvalue weighted by Crippen LogP contribution is 2.05. The summed E-state index contributed by atoms with van der Waals surface area (Å²) in [7, 11) is 0. The predicted molar refractivity (Wildman–Crippen MR) is 111 cm³/mol. The minimum absolute atomic E-state index is 0.106. The van der Waals surface area contributed by atoms with Crippen LogP contribution in [-0.4, -0.2) is 82.0 Å². The van der Waals surface area contributed by atoms with Crippen molar-refractivity contribution in [2.75, 3.05) is 12.0 Å². The fourth-order valence-corrected chi connectivity index (χ4v) is 2.76. The monoisotopic (exact) mass is 463 g/mol. The van der Waals surface area contributed by atoms with Crippen molar-refractivity contribution >= 4 is 47.3 Å². The SMILES string of the molecule is CSCCC(NC(=O)C(CC(N)=O)NC(=O)C(C)N)C(=O)NC(CCC(=O)O)C(=O)O. The van der Waals surface area contributed by atoms with Gasteiger partial charge in [0.15, 0.2) is 0 Å². The van der Waals surface area contributed by atoms with Gasteiger partial charge >= 0.3 is 11.9 Å². The molecule has 0 aromatic rings. The Balaban J connectivity index is 5.39. The molecule has 9 N–H and O–H groups in total. The van der Waals surface area contributed by atoms with Crippen LogP contribution in [0.2, 0.25) is 0 Å². The lowest BCUT2D eigenvalue weighted by Gasteiger charge is -2.24. The van der Waals surface area contributed by atoms with Gasteiger partial charge in [0.2, 0.25) is 23.6 Å². The highest BCUT2D eigenvalue weighted by atomic mass is 32.2. The number of rotatable bonds is 15. The minimum Gasteiger partial charge on any atom is -0.481 e. The lowest BCUT2D eigenvalue weighted by molar-refractivity contribution is -0.143. The number of amides is 4. The maximum Gasteiger partial charge on any atom is 0.326 e. The molecule has 4 atom stereocenters. The van der Waals surface area contributed by atoms with Crippen LogP contribution in [0.25, 0.3) is 0 Å². The summed E-state index contributed by atoms with van der Waals surface area (Å²) in [5, 5.41) is 24.8. The standard InChI is InChI=1S/C17H29N5O8S/c1-8(18)14(26)22-11(7-12(19)23)16(28)20-9(5-6-31-2)15(27)21-10(17(29)30)3-4-13(24)25/h8-11H,3-7,18H2,1-2H3,(H2,19,23)(H,20,28)(H,21,27)(H,22,26)(H,24,25)(H,29,30). The van der Waals surface area contributed by atoms with E-state index in [0.717, 1.165) is 0 Å². The normalized spacial score (nSPS) is 14.4. The smallest absolute Gasteiger partial charge is 0.326 e. The average Bonchev–Trinajstić information content (AvgIpc) is 2.66. The van der Waals surface area contributed by atoms with E-state index in [1.54, 1.807) is 6.26 Å². The summed E-state index contributed by atoms with van der Waals surface area (Å²) in [4.78, 5) is 70.2. The lowest BCUT2D eigenvalue weighted by Crippen LogP contribution is -2.57. The average molecular weight is 464 g/mol. The molecular weight excluding hydrogens is 434 g/mol. The Morgan fingerprint density at radius 2 is 1.39 bits per heavy atom. The molecule has 0 bridgehead atoms. The molecule has 13 nitrogen and oxygen atoms in total. The number of carboxylic acid groups (broad SMARTS) is 2. The van der Waals surface area contributed by atoms with Crippen molar-refractivity contribution in [3.8, 4) is 0 Å². The Labute approximate surface area is 183 Å². The van der Waals surface area contributed by atoms with E-state index in [1.165, 1.54) is 18.7 Å². The van der Waals surface area contributed by atoms with E-state index in [0.29, 0.717) is 5.75 Å². The molecule has 176 valence electrons. The van der Waals surface area contributed by atoms with Crippen molar-refractivity contribution < 1.29 is 39.0 Å². The topological polar surface area (TPSA) is 231 Å². The number of hydrogen-bond donors (Lipinski definition) is 7. The number of primary amides is 1. The van der Waals surface area contributed by atoms with E-state index < -0.39 is 72.6 Å². The Bertz CT molecular complexity index is 687. The minimum atomic E-state index is -1.48. The Hall–Kier alpha value is -2.87. The third-order valence-electron chi connectivity index (χ3n) is 3.96. The summed E-state index contributed by atoms with van der Waals surface area (Å²) in [5.41, 5.74) is 10.6. The summed E-state index contributed by atoms with van der Waals surface area (Å²) in [6, 6.07) is -5.03. The van der Waals surface area contributed by atoms with E-state index in [2.05, 4.69) is 16.0 Å². The van der Waals surface area contributed by atoms with Gasteiger partial charge in [0.1, 0.15) is 18.1 Å². The summed E-state index contributed by atoms with van der Waals surface area (Å²) < 4.78 is 0. The van der Waals surface area contributed by atoms with Crippen LogP contribution in [0.4, 0.5) is 0 Å². The molecule has 0 aromatic heterocycles. The van der Waals surface area contributed by atoms with Crippen LogP contribution in [0.3, 0.4) is 0 Å². The first-order chi connectivity index (χ1) is 14.4. The fourth-order valence-electron chi connectivity index (χ4n) is 2.29. The second-order valence-electron chi connectivity index (χ2n) is 6.69. The van der Waals surface area contributed by atoms with Gasteiger partial charge < -0.3 is 37.6 Å². The first kappa shape index (κ1) is 28.1. The zero-order valence-corrected chi connectivity index (χ0v) is 18.1. The molecule has 0 saturated heterocycles. The quantitative estimate of drug-likeness (QED) is 0.133. The zero-order chi connectivity index (χ0) is 24.1. The van der Waals surface area contributed by atoms with E-state index in [1.807, 2.05) is 0 Å². The number of hydrogen-bond acceptors (Lipinski definition) is 8. The number of aliphatic carboxylic acids is 2. The van der Waals surface area contributed by atoms with Gasteiger partial charge in [-0.3, -0.25) is 24.0 Å². The molecule has 14 heteroatoms. The van der Waals surface area contributed by atoms with Crippen LogP contribution in [0.1, 0.15) is 32.6 Å². The van der Waals surface area contributed by atoms with E-state index in [4.69, 9.17) is 16.6 Å². The number of carbonyl (C=O) groups excluding carboxylic acids is 4. The number of nitrogens with two attached hydrogens (primary N) is 2. The molecule has 0 heterocycles. The van der Waals surface area contributed by atoms with E-state index >= 15 is 0 Å². The summed E-state index contributed by atoms with van der Waals surface area (Å²) in [6.45, 7) is 1.37. The van der Waals surface area contributed by atoms with Gasteiger partial charge in [0.25, 0.3) is 0 Å². The highest BCUT2D eigenvalue weighted by Gasteiger charge is 2.30. The third-order valence-corrected chi connectivity index (χ3v) is 4.60. The molecule has 4 amide bonds. The Morgan fingerprint density at radius 1 is 0.871 bits per heavy atom. The van der Waals surface area contributed by atoms with Crippen LogP contribution < -0.4 is 27.4 Å². The number of nitrogens with one attached hydrogen (secondary N) is 3. The molecule has 0 saturated carbocycles. The maximum atomic E-state index is 12.6. The van der Waals surface area contributed by atoms with Gasteiger partial charge in [-0.1, -0.05) is 0 Å². The van der Waals surface area contributed by atoms with Gasteiger partial charge in [-0.2, -0.15) is 11.8 Å². The molecule has 0 fully saturated rings. The van der Waals surface area contributed by atoms with Crippen molar-refractivity contribution in [3.05, 3.63) is 0 Å². The van der Waals surface area contributed by atoms with Crippen LogP contribution in [0.15, 0.2) is 0 Å². The maximum absolute atomic E-state index is 12.6. The molecule has 0 radical (unpaired) electrons. The van der Waals surface area contributed by atoms with Crippen molar-refractivity contribution in [2.24, 2.45) is 11.5 Å². The summed E-state index contributed by atoms with van der Waals surface area (Å²) in [6.07, 6.45) is 0.478. The summed E-state index contributed by atoms with van der Waals surface area (Å²) >= 11 is 1.36. The van der Waals surface area contributed by atoms with Gasteiger partial charge in [-0.05, 0) is 31.8 Å². The Morgan fingerprint density at radius 3 is 1.84 bits per heavy atom. The Kier molecular flexibility index (Phi) is 12.9. The van der Waals surface area contributed by atoms with Gasteiger partial charge in [0, 0.05) is 6.42 Å². The molecule has 0 aliphatic rings. The number of thioether (sulfide) groups is 1. The number of carbonyl (C=O) groups is 6. The first-order valence-electron chi connectivity index (χ1n) is 9.27. The molecule has 4 unspecified atom stereocenters. The highest BCUT2D eigenvalue weighted by molar-refractivity contribution is 7.98. The predicted octanol–water partition coefficient (Wildman–Crippen LogP) is -2.63. The van der Waals surface area contributed by atoms with Gasteiger partial charge in [0.05, 0.1) is 12.5 Å². The van der Waals surface area contributed by atoms with E-state index in [9.17, 15) is 33.9 Å². The molecular formula is C17H29N5O8S. The fraction of sp³-hybridized carbons (Fsp3) is 0.647. The number of carboxylic acids is 2. The lowest BCUT2D eigenvalue weighted by atomic mass is 10.1. The van der Waals surface area contributed by atoms with Crippen molar-refractivity contribution in [1.29, 1.82) is 0 Å². The van der Waals surface area contributed by atoms with Crippen LogP contribution in [0, 0.1) is 0 Å². The van der Waals surface area contributed by atoms with Crippen molar-refractivity contribution in [1.82, 2.24) is 16.0 Å². The van der Waals surface area contributed by atoms with Crippen molar-refractivity contribution in [2.45, 2.75) is 56.8 Å².